The lowest BCUT2D eigenvalue weighted by Crippen LogP contribution is -2.30. The van der Waals surface area contributed by atoms with E-state index in [9.17, 15) is 19.8 Å². The first kappa shape index (κ1) is 23.8. The topological polar surface area (TPSA) is 96.3 Å². The summed E-state index contributed by atoms with van der Waals surface area (Å²) >= 11 is 12.3. The van der Waals surface area contributed by atoms with Gasteiger partial charge < -0.3 is 24.6 Å². The highest BCUT2D eigenvalue weighted by molar-refractivity contribution is 6.46. The number of nitrogens with zero attached hydrogens (tertiary/aromatic N) is 1. The molecule has 170 valence electrons. The molecule has 0 aromatic heterocycles. The maximum absolute atomic E-state index is 13.1. The summed E-state index contributed by atoms with van der Waals surface area (Å²) < 4.78 is 10.4. The van der Waals surface area contributed by atoms with Crippen LogP contribution in [0.3, 0.4) is 0 Å². The molecule has 0 aliphatic carbocycles. The molecular weight excluding hydrogens is 457 g/mol. The van der Waals surface area contributed by atoms with Gasteiger partial charge in [0.1, 0.15) is 11.5 Å². The Morgan fingerprint density at radius 3 is 2.44 bits per heavy atom. The first-order chi connectivity index (χ1) is 15.2. The van der Waals surface area contributed by atoms with Gasteiger partial charge in [-0.1, -0.05) is 42.6 Å². The number of unbranched alkanes of at least 4 members (excludes halogenated alkanes) is 1. The highest BCUT2D eigenvalue weighted by Crippen LogP contribution is 2.44. The van der Waals surface area contributed by atoms with Crippen LogP contribution in [0.2, 0.25) is 10.0 Å². The fourth-order valence-electron chi connectivity index (χ4n) is 3.75. The number of halogens is 2. The van der Waals surface area contributed by atoms with Crippen LogP contribution in [0, 0.1) is 0 Å². The Kier molecular flexibility index (Phi) is 7.21. The van der Waals surface area contributed by atoms with E-state index < -0.39 is 23.5 Å². The maximum Gasteiger partial charge on any atom is 0.295 e. The van der Waals surface area contributed by atoms with Crippen molar-refractivity contribution in [2.24, 2.45) is 0 Å². The molecule has 1 aliphatic rings. The number of carbonyl (C=O) groups is 2. The fourth-order valence-corrected chi connectivity index (χ4v) is 4.32. The lowest BCUT2D eigenvalue weighted by Gasteiger charge is -2.25. The number of hydrogen-bond donors (Lipinski definition) is 2. The summed E-state index contributed by atoms with van der Waals surface area (Å²) in [6, 6.07) is 6.48. The average Bonchev–Trinajstić information content (AvgIpc) is 3.01. The molecule has 1 heterocycles. The lowest BCUT2D eigenvalue weighted by molar-refractivity contribution is -0.139. The smallest absolute Gasteiger partial charge is 0.295 e. The highest BCUT2D eigenvalue weighted by atomic mass is 35.5. The first-order valence-corrected chi connectivity index (χ1v) is 10.7. The molecule has 0 radical (unpaired) electrons. The minimum absolute atomic E-state index is 0.0845. The van der Waals surface area contributed by atoms with Gasteiger partial charge in [0.05, 0.1) is 36.4 Å². The molecule has 2 N–H and O–H groups in total. The molecule has 0 saturated carbocycles. The molecule has 1 fully saturated rings. The van der Waals surface area contributed by atoms with E-state index in [-0.39, 0.29) is 38.4 Å². The van der Waals surface area contributed by atoms with Crippen molar-refractivity contribution < 1.29 is 29.3 Å². The van der Waals surface area contributed by atoms with Gasteiger partial charge in [0.2, 0.25) is 0 Å². The van der Waals surface area contributed by atoms with Crippen molar-refractivity contribution in [3.63, 3.8) is 0 Å². The second-order valence-electron chi connectivity index (χ2n) is 7.25. The van der Waals surface area contributed by atoms with Gasteiger partial charge in [-0.3, -0.25) is 9.59 Å². The van der Waals surface area contributed by atoms with Crippen molar-refractivity contribution >= 4 is 40.7 Å². The molecule has 0 spiro atoms. The summed E-state index contributed by atoms with van der Waals surface area (Å²) in [5.74, 6) is -1.87. The number of Topliss-reactive ketones (excluding diaryl/α,β-unsaturated/α-hetero) is 1. The third-order valence-electron chi connectivity index (χ3n) is 5.28. The molecule has 1 atom stereocenters. The monoisotopic (exact) mass is 479 g/mol. The number of likely N-dealkylation sites (tertiary alicyclic amines) is 1. The van der Waals surface area contributed by atoms with Crippen molar-refractivity contribution in [1.29, 1.82) is 0 Å². The number of ketones is 1. The molecular formula is C23H23Cl2NO6. The molecule has 2 aromatic rings. The molecule has 7 nitrogen and oxygen atoms in total. The third-order valence-corrected chi connectivity index (χ3v) is 5.78. The first-order valence-electron chi connectivity index (χ1n) is 9.93. The van der Waals surface area contributed by atoms with Crippen LogP contribution in [0.4, 0.5) is 0 Å². The molecule has 0 bridgehead atoms. The summed E-state index contributed by atoms with van der Waals surface area (Å²) in [6.45, 7) is 2.26. The molecule has 1 aliphatic heterocycles. The predicted molar refractivity (Wildman–Crippen MR) is 122 cm³/mol. The maximum atomic E-state index is 13.1. The molecule has 3 rings (SSSR count). The molecule has 2 aromatic carbocycles. The van der Waals surface area contributed by atoms with Crippen LogP contribution >= 0.6 is 23.2 Å². The summed E-state index contributed by atoms with van der Waals surface area (Å²) in [7, 11) is 2.78. The van der Waals surface area contributed by atoms with E-state index in [1.165, 1.54) is 43.4 Å². The van der Waals surface area contributed by atoms with Gasteiger partial charge in [-0.05, 0) is 36.2 Å². The quantitative estimate of drug-likeness (QED) is 0.331. The zero-order valence-electron chi connectivity index (χ0n) is 17.8. The van der Waals surface area contributed by atoms with E-state index in [0.717, 1.165) is 6.42 Å². The molecule has 1 saturated heterocycles. The van der Waals surface area contributed by atoms with Crippen LogP contribution in [-0.4, -0.2) is 47.6 Å². The second-order valence-corrected chi connectivity index (χ2v) is 8.09. The molecule has 1 unspecified atom stereocenters. The van der Waals surface area contributed by atoms with E-state index in [4.69, 9.17) is 32.7 Å². The van der Waals surface area contributed by atoms with Gasteiger partial charge in [-0.25, -0.2) is 0 Å². The summed E-state index contributed by atoms with van der Waals surface area (Å²) in [5.41, 5.74) is 0.376. The van der Waals surface area contributed by atoms with Crippen LogP contribution in [0.25, 0.3) is 5.76 Å². The van der Waals surface area contributed by atoms with E-state index in [1.54, 1.807) is 6.07 Å². The fraction of sp³-hybridized carbons (Fsp3) is 0.304. The Balaban J connectivity index is 2.27. The highest BCUT2D eigenvalue weighted by Gasteiger charge is 2.46. The van der Waals surface area contributed by atoms with E-state index >= 15 is 0 Å². The predicted octanol–water partition coefficient (Wildman–Crippen LogP) is 4.94. The number of ether oxygens (including phenoxy) is 2. The number of phenols is 1. The number of rotatable bonds is 7. The Morgan fingerprint density at radius 1 is 1.12 bits per heavy atom. The normalized spacial score (nSPS) is 17.7. The Hall–Kier alpha value is -2.90. The third kappa shape index (κ3) is 4.23. The van der Waals surface area contributed by atoms with Gasteiger partial charge >= 0.3 is 0 Å². The minimum atomic E-state index is -0.930. The average molecular weight is 480 g/mol. The summed E-state index contributed by atoms with van der Waals surface area (Å²) in [6.07, 6.45) is 1.44. The van der Waals surface area contributed by atoms with Crippen molar-refractivity contribution in [3.05, 3.63) is 57.1 Å². The molecule has 9 heteroatoms. The standard InChI is InChI=1S/C23H23Cl2NO6/c1-4-5-8-26-19(12-6-7-17(31-2)16(27)9-12)18(21(29)23(26)30)20(28)14-10-13(24)11-15(25)22(14)32-3/h6-7,9-11,19,27-28H,4-5,8H2,1-3H3/b20-18+. The zero-order valence-corrected chi connectivity index (χ0v) is 19.3. The minimum Gasteiger partial charge on any atom is -0.507 e. The number of methoxy groups -OCH3 is 2. The summed E-state index contributed by atoms with van der Waals surface area (Å²) in [5, 5.41) is 21.9. The SMILES string of the molecule is CCCCN1C(=O)C(=O)/C(=C(/O)c2cc(Cl)cc(Cl)c2OC)C1c1ccc(OC)c(O)c1. The number of carbonyl (C=O) groups excluding carboxylic acids is 2. The van der Waals surface area contributed by atoms with Gasteiger partial charge in [0, 0.05) is 11.6 Å². The van der Waals surface area contributed by atoms with Gasteiger partial charge in [-0.2, -0.15) is 0 Å². The van der Waals surface area contributed by atoms with Gasteiger partial charge in [0.15, 0.2) is 11.5 Å². The van der Waals surface area contributed by atoms with Crippen molar-refractivity contribution in [3.8, 4) is 17.2 Å². The Morgan fingerprint density at radius 2 is 1.84 bits per heavy atom. The number of amides is 1. The van der Waals surface area contributed by atoms with Crippen molar-refractivity contribution in [1.82, 2.24) is 4.90 Å². The van der Waals surface area contributed by atoms with Crippen LogP contribution in [-0.2, 0) is 9.59 Å². The van der Waals surface area contributed by atoms with Crippen LogP contribution in [0.15, 0.2) is 35.9 Å². The zero-order chi connectivity index (χ0) is 23.6. The van der Waals surface area contributed by atoms with Crippen molar-refractivity contribution in [2.45, 2.75) is 25.8 Å². The Labute approximate surface area is 195 Å². The largest absolute Gasteiger partial charge is 0.507 e. The van der Waals surface area contributed by atoms with E-state index in [2.05, 4.69) is 0 Å². The number of aromatic hydroxyl groups is 1. The number of aliphatic hydroxyl groups is 1. The number of aliphatic hydroxyl groups excluding tert-OH is 1. The number of hydrogen-bond acceptors (Lipinski definition) is 6. The Bertz CT molecular complexity index is 1100. The van der Waals surface area contributed by atoms with Crippen molar-refractivity contribution in [2.75, 3.05) is 20.8 Å². The van der Waals surface area contributed by atoms with E-state index in [1.807, 2.05) is 6.92 Å². The van der Waals surface area contributed by atoms with E-state index in [0.29, 0.717) is 18.5 Å². The second kappa shape index (κ2) is 9.71. The molecule has 1 amide bonds. The number of phenolic OH excluding ortho intramolecular Hbond substituents is 1. The van der Waals surface area contributed by atoms with Gasteiger partial charge in [0.25, 0.3) is 11.7 Å². The number of benzene rings is 2. The van der Waals surface area contributed by atoms with Crippen LogP contribution < -0.4 is 9.47 Å². The van der Waals surface area contributed by atoms with Crippen LogP contribution in [0.1, 0.15) is 36.9 Å². The molecule has 32 heavy (non-hydrogen) atoms. The van der Waals surface area contributed by atoms with Gasteiger partial charge in [-0.15, -0.1) is 0 Å². The van der Waals surface area contributed by atoms with Crippen LogP contribution in [0.5, 0.6) is 17.2 Å². The lowest BCUT2D eigenvalue weighted by atomic mass is 9.94. The summed E-state index contributed by atoms with van der Waals surface area (Å²) in [4.78, 5) is 27.3.